The van der Waals surface area contributed by atoms with Crippen molar-refractivity contribution in [3.63, 3.8) is 0 Å². The van der Waals surface area contributed by atoms with E-state index in [0.29, 0.717) is 5.56 Å². The number of rotatable bonds is 6. The number of hydrogen-bond acceptors (Lipinski definition) is 4. The largest absolute Gasteiger partial charge is 0.344 e. The average molecular weight is 479 g/mol. The number of nitrogens with zero attached hydrogens (tertiary/aromatic N) is 2. The summed E-state index contributed by atoms with van der Waals surface area (Å²) in [6.45, 7) is 1.55. The zero-order chi connectivity index (χ0) is 24.9. The molecule has 4 rings (SSSR count). The summed E-state index contributed by atoms with van der Waals surface area (Å²) < 4.78 is 13.4. The number of likely N-dealkylation sites (N-methyl/N-ethyl adjacent to an activating group) is 1. The first-order valence-electron chi connectivity index (χ1n) is 12.1. The Morgan fingerprint density at radius 1 is 1.11 bits per heavy atom. The standard InChI is InChI=1S/C27H31FN4O3/c1-17(29-23(33)16-18-9-8-12-20(28)15-18)26(34)31-25-27(35)32(2)22-14-7-6-13-21(22)24(30-25)19-10-4-3-5-11-19/h6-9,12-15,17,19,25H,3-5,10-11,16H2,1-2H3,(H,29,33)(H,31,34)/t17-,25?/m0/s1. The van der Waals surface area contributed by atoms with Crippen molar-refractivity contribution in [1.82, 2.24) is 10.6 Å². The van der Waals surface area contributed by atoms with E-state index in [2.05, 4.69) is 10.6 Å². The molecule has 1 aliphatic heterocycles. The van der Waals surface area contributed by atoms with Gasteiger partial charge in [0.05, 0.1) is 17.8 Å². The van der Waals surface area contributed by atoms with Crippen LogP contribution >= 0.6 is 0 Å². The molecule has 2 N–H and O–H groups in total. The van der Waals surface area contributed by atoms with Crippen molar-refractivity contribution in [2.75, 3.05) is 11.9 Å². The molecule has 3 amide bonds. The quantitative estimate of drug-likeness (QED) is 0.667. The van der Waals surface area contributed by atoms with Crippen LogP contribution in [0.1, 0.15) is 50.2 Å². The maximum absolute atomic E-state index is 13.4. The van der Waals surface area contributed by atoms with Gasteiger partial charge in [-0.05, 0) is 43.5 Å². The second kappa shape index (κ2) is 10.8. The lowest BCUT2D eigenvalue weighted by molar-refractivity contribution is -0.130. The summed E-state index contributed by atoms with van der Waals surface area (Å²) >= 11 is 0. The van der Waals surface area contributed by atoms with Crippen molar-refractivity contribution < 1.29 is 18.8 Å². The van der Waals surface area contributed by atoms with Crippen molar-refractivity contribution in [2.24, 2.45) is 10.9 Å². The Balaban J connectivity index is 1.50. The second-order valence-corrected chi connectivity index (χ2v) is 9.27. The maximum Gasteiger partial charge on any atom is 0.272 e. The first-order chi connectivity index (χ1) is 16.8. The molecule has 0 spiro atoms. The number of para-hydroxylation sites is 1. The molecule has 0 bridgehead atoms. The average Bonchev–Trinajstić information content (AvgIpc) is 2.95. The Bertz CT molecular complexity index is 1140. The van der Waals surface area contributed by atoms with Gasteiger partial charge >= 0.3 is 0 Å². The Morgan fingerprint density at radius 2 is 1.86 bits per heavy atom. The molecular formula is C27H31FN4O3. The number of aliphatic imine (C=N–C) groups is 1. The fraction of sp³-hybridized carbons (Fsp3) is 0.407. The van der Waals surface area contributed by atoms with Crippen molar-refractivity contribution in [1.29, 1.82) is 0 Å². The van der Waals surface area contributed by atoms with Crippen molar-refractivity contribution in [2.45, 2.75) is 57.7 Å². The highest BCUT2D eigenvalue weighted by molar-refractivity contribution is 6.14. The number of benzodiazepines with no additional fused rings is 1. The molecule has 0 radical (unpaired) electrons. The third-order valence-corrected chi connectivity index (χ3v) is 6.67. The SMILES string of the molecule is C[C@H](NC(=O)Cc1cccc(F)c1)C(=O)NC1N=C(C2CCCCC2)c2ccccc2N(C)C1=O. The van der Waals surface area contributed by atoms with Crippen LogP contribution in [0.25, 0.3) is 0 Å². The minimum atomic E-state index is -1.08. The van der Waals surface area contributed by atoms with E-state index in [1.54, 1.807) is 20.0 Å². The molecular weight excluding hydrogens is 447 g/mol. The number of nitrogens with one attached hydrogen (secondary N) is 2. The number of fused-ring (bicyclic) bond motifs is 1. The molecule has 1 saturated carbocycles. The van der Waals surface area contributed by atoms with Crippen LogP contribution in [0.15, 0.2) is 53.5 Å². The van der Waals surface area contributed by atoms with Gasteiger partial charge in [-0.1, -0.05) is 49.6 Å². The van der Waals surface area contributed by atoms with Gasteiger partial charge in [-0.25, -0.2) is 4.39 Å². The highest BCUT2D eigenvalue weighted by Crippen LogP contribution is 2.33. The summed E-state index contributed by atoms with van der Waals surface area (Å²) in [5.74, 6) is -1.46. The molecule has 1 heterocycles. The summed E-state index contributed by atoms with van der Waals surface area (Å²) in [6.07, 6.45) is 4.27. The first kappa shape index (κ1) is 24.6. The summed E-state index contributed by atoms with van der Waals surface area (Å²) in [5, 5.41) is 5.35. The lowest BCUT2D eigenvalue weighted by Crippen LogP contribution is -2.52. The van der Waals surface area contributed by atoms with Crippen LogP contribution < -0.4 is 15.5 Å². The number of halogens is 1. The molecule has 2 atom stereocenters. The zero-order valence-corrected chi connectivity index (χ0v) is 20.1. The van der Waals surface area contributed by atoms with Crippen molar-refractivity contribution >= 4 is 29.1 Å². The zero-order valence-electron chi connectivity index (χ0n) is 20.1. The fourth-order valence-electron chi connectivity index (χ4n) is 4.79. The third kappa shape index (κ3) is 5.75. The molecule has 2 aromatic carbocycles. The fourth-order valence-corrected chi connectivity index (χ4v) is 4.79. The molecule has 184 valence electrons. The van der Waals surface area contributed by atoms with Gasteiger partial charge in [-0.15, -0.1) is 0 Å². The van der Waals surface area contributed by atoms with Crippen LogP contribution in [0.3, 0.4) is 0 Å². The minimum Gasteiger partial charge on any atom is -0.344 e. The lowest BCUT2D eigenvalue weighted by atomic mass is 9.83. The van der Waals surface area contributed by atoms with Gasteiger partial charge in [-0.3, -0.25) is 19.4 Å². The van der Waals surface area contributed by atoms with Crippen LogP contribution in [-0.4, -0.2) is 42.7 Å². The van der Waals surface area contributed by atoms with Gasteiger partial charge in [0, 0.05) is 18.5 Å². The molecule has 8 heteroatoms. The normalized spacial score (nSPS) is 19.3. The predicted octanol–water partition coefficient (Wildman–Crippen LogP) is 3.36. The van der Waals surface area contributed by atoms with E-state index in [4.69, 9.17) is 4.99 Å². The molecule has 0 aromatic heterocycles. The summed E-state index contributed by atoms with van der Waals surface area (Å²) in [4.78, 5) is 44.9. The van der Waals surface area contributed by atoms with Gasteiger partial charge in [0.1, 0.15) is 11.9 Å². The van der Waals surface area contributed by atoms with E-state index in [-0.39, 0.29) is 18.2 Å². The molecule has 2 aromatic rings. The smallest absolute Gasteiger partial charge is 0.272 e. The third-order valence-electron chi connectivity index (χ3n) is 6.67. The van der Waals surface area contributed by atoms with Gasteiger partial charge in [0.2, 0.25) is 18.0 Å². The Hall–Kier alpha value is -3.55. The maximum atomic E-state index is 13.4. The molecule has 2 aliphatic rings. The summed E-state index contributed by atoms with van der Waals surface area (Å²) in [6, 6.07) is 12.6. The van der Waals surface area contributed by atoms with Crippen LogP contribution in [0.2, 0.25) is 0 Å². The van der Waals surface area contributed by atoms with Crippen LogP contribution in [-0.2, 0) is 20.8 Å². The van der Waals surface area contributed by atoms with Gasteiger partial charge in [-0.2, -0.15) is 0 Å². The van der Waals surface area contributed by atoms with Gasteiger partial charge in [0.15, 0.2) is 0 Å². The lowest BCUT2D eigenvalue weighted by Gasteiger charge is -2.25. The van der Waals surface area contributed by atoms with E-state index in [1.807, 2.05) is 24.3 Å². The number of carbonyl (C=O) groups is 3. The monoisotopic (exact) mass is 478 g/mol. The number of amides is 3. The molecule has 1 aliphatic carbocycles. The molecule has 1 fully saturated rings. The molecule has 1 unspecified atom stereocenters. The predicted molar refractivity (Wildman–Crippen MR) is 133 cm³/mol. The van der Waals surface area contributed by atoms with E-state index < -0.39 is 29.8 Å². The van der Waals surface area contributed by atoms with Gasteiger partial charge < -0.3 is 15.5 Å². The second-order valence-electron chi connectivity index (χ2n) is 9.27. The van der Waals surface area contributed by atoms with Crippen molar-refractivity contribution in [3.05, 3.63) is 65.5 Å². The van der Waals surface area contributed by atoms with E-state index in [0.717, 1.165) is 42.6 Å². The molecule has 0 saturated heterocycles. The molecule has 35 heavy (non-hydrogen) atoms. The summed E-state index contributed by atoms with van der Waals surface area (Å²) in [5.41, 5.74) is 3.06. The number of benzene rings is 2. The van der Waals surface area contributed by atoms with Crippen molar-refractivity contribution in [3.8, 4) is 0 Å². The topological polar surface area (TPSA) is 90.9 Å². The Morgan fingerprint density at radius 3 is 2.60 bits per heavy atom. The summed E-state index contributed by atoms with van der Waals surface area (Å²) in [7, 11) is 1.68. The molecule has 7 nitrogen and oxygen atoms in total. The number of hydrogen-bond donors (Lipinski definition) is 2. The van der Waals surface area contributed by atoms with E-state index >= 15 is 0 Å². The van der Waals surface area contributed by atoms with Crippen LogP contribution in [0.4, 0.5) is 10.1 Å². The number of anilines is 1. The Kier molecular flexibility index (Phi) is 7.58. The first-order valence-corrected chi connectivity index (χ1v) is 12.1. The van der Waals surface area contributed by atoms with E-state index in [1.165, 1.54) is 29.5 Å². The highest BCUT2D eigenvalue weighted by Gasteiger charge is 2.34. The van der Waals surface area contributed by atoms with Crippen LogP contribution in [0, 0.1) is 11.7 Å². The number of carbonyl (C=O) groups excluding carboxylic acids is 3. The van der Waals surface area contributed by atoms with E-state index in [9.17, 15) is 18.8 Å². The minimum absolute atomic E-state index is 0.0558. The van der Waals surface area contributed by atoms with Crippen LogP contribution in [0.5, 0.6) is 0 Å². The Labute approximate surface area is 204 Å². The van der Waals surface area contributed by atoms with Gasteiger partial charge in [0.25, 0.3) is 5.91 Å². The highest BCUT2D eigenvalue weighted by atomic mass is 19.1.